The van der Waals surface area contributed by atoms with Gasteiger partial charge in [-0.3, -0.25) is 9.69 Å². The zero-order valence-electron chi connectivity index (χ0n) is 17.9. The number of oxazole rings is 1. The maximum atomic E-state index is 13.1. The fourth-order valence-corrected chi connectivity index (χ4v) is 3.87. The second-order valence-corrected chi connectivity index (χ2v) is 8.05. The number of alkyl halides is 3. The molecular formula is C22H19ClF3N5O3. The summed E-state index contributed by atoms with van der Waals surface area (Å²) in [5.74, 6) is 0.489. The maximum absolute atomic E-state index is 13.1. The van der Waals surface area contributed by atoms with Gasteiger partial charge in [0.05, 0.1) is 22.9 Å². The van der Waals surface area contributed by atoms with Crippen LogP contribution in [0, 0.1) is 11.3 Å². The van der Waals surface area contributed by atoms with Crippen molar-refractivity contribution in [3.63, 3.8) is 0 Å². The maximum Gasteiger partial charge on any atom is 0.417 e. The summed E-state index contributed by atoms with van der Waals surface area (Å²) in [6.07, 6.45) is -3.15. The van der Waals surface area contributed by atoms with Gasteiger partial charge in [-0.15, -0.1) is 0 Å². The van der Waals surface area contributed by atoms with Gasteiger partial charge in [0, 0.05) is 31.9 Å². The van der Waals surface area contributed by atoms with Crippen molar-refractivity contribution < 1.29 is 26.8 Å². The van der Waals surface area contributed by atoms with Crippen LogP contribution in [0.5, 0.6) is 0 Å². The molecule has 1 N–H and O–H groups in total. The number of piperazine rings is 1. The number of nitrogens with zero attached hydrogens (tertiary/aromatic N) is 4. The molecule has 3 aromatic rings. The van der Waals surface area contributed by atoms with E-state index in [4.69, 9.17) is 20.4 Å². The lowest BCUT2D eigenvalue weighted by molar-refractivity contribution is -0.137. The molecule has 0 spiro atoms. The van der Waals surface area contributed by atoms with Crippen molar-refractivity contribution in [2.75, 3.05) is 36.4 Å². The molecule has 1 aromatic carbocycles. The molecule has 34 heavy (non-hydrogen) atoms. The van der Waals surface area contributed by atoms with Crippen molar-refractivity contribution in [3.8, 4) is 17.7 Å². The van der Waals surface area contributed by atoms with Crippen LogP contribution >= 0.6 is 11.6 Å². The van der Waals surface area contributed by atoms with Gasteiger partial charge in [-0.1, -0.05) is 11.6 Å². The molecular weight excluding hydrogens is 475 g/mol. The molecule has 0 radical (unpaired) electrons. The number of hydrogen-bond acceptors (Lipinski definition) is 7. The Morgan fingerprint density at radius 1 is 1.26 bits per heavy atom. The third kappa shape index (κ3) is 4.88. The Morgan fingerprint density at radius 3 is 2.62 bits per heavy atom. The van der Waals surface area contributed by atoms with E-state index in [1.54, 1.807) is 19.1 Å². The van der Waals surface area contributed by atoms with Crippen LogP contribution in [-0.4, -0.2) is 48.0 Å². The number of rotatable bonds is 5. The lowest BCUT2D eigenvalue weighted by atomic mass is 10.1. The zero-order chi connectivity index (χ0) is 24.5. The van der Waals surface area contributed by atoms with Gasteiger partial charge in [-0.2, -0.15) is 23.4 Å². The van der Waals surface area contributed by atoms with Crippen LogP contribution in [0.25, 0.3) is 11.7 Å². The number of halogens is 4. The van der Waals surface area contributed by atoms with E-state index in [9.17, 15) is 23.2 Å². The summed E-state index contributed by atoms with van der Waals surface area (Å²) in [5, 5.41) is 11.5. The lowest BCUT2D eigenvalue weighted by Crippen LogP contribution is -2.52. The van der Waals surface area contributed by atoms with E-state index >= 15 is 0 Å². The molecule has 0 aliphatic carbocycles. The number of nitriles is 1. The van der Waals surface area contributed by atoms with Crippen molar-refractivity contribution in [3.05, 3.63) is 52.9 Å². The number of benzene rings is 1. The van der Waals surface area contributed by atoms with Crippen molar-refractivity contribution >= 4 is 29.1 Å². The molecule has 0 bridgehead atoms. The molecule has 1 saturated heterocycles. The number of anilines is 2. The topological polar surface area (TPSA) is 98.5 Å². The third-order valence-electron chi connectivity index (χ3n) is 5.52. The summed E-state index contributed by atoms with van der Waals surface area (Å²) in [6, 6.07) is 8.02. The molecule has 3 heterocycles. The molecule has 1 amide bonds. The second-order valence-electron chi connectivity index (χ2n) is 7.64. The highest BCUT2D eigenvalue weighted by molar-refractivity contribution is 6.31. The summed E-state index contributed by atoms with van der Waals surface area (Å²) in [7, 11) is 0. The van der Waals surface area contributed by atoms with Crippen LogP contribution in [-0.2, 0) is 11.0 Å². The van der Waals surface area contributed by atoms with Crippen molar-refractivity contribution in [1.29, 1.82) is 5.26 Å². The second kappa shape index (κ2) is 9.40. The van der Waals surface area contributed by atoms with Crippen LogP contribution in [0.1, 0.15) is 18.2 Å². The third-order valence-corrected chi connectivity index (χ3v) is 5.84. The number of aromatic nitrogens is 1. The molecule has 1 fully saturated rings. The Morgan fingerprint density at radius 2 is 2.00 bits per heavy atom. The SMILES string of the molecule is C[C@H](C(=O)Nc1ccc(Cl)c(C(F)(F)F)c1)N1CCN(c2oc(-c3ccco3)nc2C#N)CC1. The van der Waals surface area contributed by atoms with E-state index in [2.05, 4.69) is 10.3 Å². The first-order valence-electron chi connectivity index (χ1n) is 10.3. The zero-order valence-corrected chi connectivity index (χ0v) is 18.7. The lowest BCUT2D eigenvalue weighted by Gasteiger charge is -2.37. The van der Waals surface area contributed by atoms with Gasteiger partial charge in [0.2, 0.25) is 17.5 Å². The first-order chi connectivity index (χ1) is 16.2. The number of amides is 1. The highest BCUT2D eigenvalue weighted by atomic mass is 35.5. The van der Waals surface area contributed by atoms with Gasteiger partial charge in [0.25, 0.3) is 5.89 Å². The molecule has 8 nitrogen and oxygen atoms in total. The van der Waals surface area contributed by atoms with Gasteiger partial charge in [0.1, 0.15) is 6.07 Å². The molecule has 1 aliphatic heterocycles. The van der Waals surface area contributed by atoms with E-state index in [0.717, 1.165) is 12.1 Å². The molecule has 1 aliphatic rings. The summed E-state index contributed by atoms with van der Waals surface area (Å²) in [5.41, 5.74) is -0.866. The van der Waals surface area contributed by atoms with E-state index in [-0.39, 0.29) is 17.3 Å². The fourth-order valence-electron chi connectivity index (χ4n) is 3.65. The predicted octanol–water partition coefficient (Wildman–Crippen LogP) is 4.63. The van der Waals surface area contributed by atoms with E-state index in [1.807, 2.05) is 15.9 Å². The van der Waals surface area contributed by atoms with Crippen LogP contribution in [0.4, 0.5) is 24.7 Å². The Bertz CT molecular complexity index is 1210. The normalized spacial score (nSPS) is 15.7. The van der Waals surface area contributed by atoms with Gasteiger partial charge in [0.15, 0.2) is 5.76 Å². The van der Waals surface area contributed by atoms with Gasteiger partial charge < -0.3 is 19.1 Å². The number of hydrogen-bond donors (Lipinski definition) is 1. The molecule has 4 rings (SSSR count). The minimum absolute atomic E-state index is 0.0120. The summed E-state index contributed by atoms with van der Waals surface area (Å²) >= 11 is 5.63. The molecule has 0 unspecified atom stereocenters. The highest BCUT2D eigenvalue weighted by Crippen LogP contribution is 2.36. The highest BCUT2D eigenvalue weighted by Gasteiger charge is 2.34. The minimum Gasteiger partial charge on any atom is -0.459 e. The molecule has 0 saturated carbocycles. The van der Waals surface area contributed by atoms with Gasteiger partial charge in [-0.05, 0) is 37.3 Å². The van der Waals surface area contributed by atoms with Crippen LogP contribution < -0.4 is 10.2 Å². The molecule has 2 aromatic heterocycles. The summed E-state index contributed by atoms with van der Waals surface area (Å²) in [6.45, 7) is 3.52. The summed E-state index contributed by atoms with van der Waals surface area (Å²) in [4.78, 5) is 20.6. The Labute approximate surface area is 197 Å². The van der Waals surface area contributed by atoms with Crippen molar-refractivity contribution in [2.45, 2.75) is 19.1 Å². The number of nitrogens with one attached hydrogen (secondary N) is 1. The number of carbonyl (C=O) groups is 1. The quantitative estimate of drug-likeness (QED) is 0.553. The van der Waals surface area contributed by atoms with Crippen molar-refractivity contribution in [1.82, 2.24) is 9.88 Å². The van der Waals surface area contributed by atoms with Gasteiger partial charge >= 0.3 is 6.18 Å². The Hall–Kier alpha value is -3.49. The van der Waals surface area contributed by atoms with E-state index in [1.165, 1.54) is 12.3 Å². The van der Waals surface area contributed by atoms with E-state index < -0.39 is 28.7 Å². The molecule has 1 atom stereocenters. The predicted molar refractivity (Wildman–Crippen MR) is 117 cm³/mol. The number of carbonyl (C=O) groups excluding carboxylic acids is 1. The van der Waals surface area contributed by atoms with Crippen LogP contribution in [0.3, 0.4) is 0 Å². The number of furan rings is 1. The first kappa shape index (κ1) is 23.7. The Kier molecular flexibility index (Phi) is 6.54. The van der Waals surface area contributed by atoms with Gasteiger partial charge in [-0.25, -0.2) is 0 Å². The van der Waals surface area contributed by atoms with E-state index in [0.29, 0.717) is 37.8 Å². The van der Waals surface area contributed by atoms with Crippen LogP contribution in [0.2, 0.25) is 5.02 Å². The Balaban J connectivity index is 1.39. The molecule has 12 heteroatoms. The smallest absolute Gasteiger partial charge is 0.417 e. The largest absolute Gasteiger partial charge is 0.459 e. The average Bonchev–Trinajstić information content (AvgIpc) is 3.49. The monoisotopic (exact) mass is 493 g/mol. The van der Waals surface area contributed by atoms with Crippen molar-refractivity contribution in [2.24, 2.45) is 0 Å². The minimum atomic E-state index is -4.63. The van der Waals surface area contributed by atoms with Crippen LogP contribution in [0.15, 0.2) is 45.4 Å². The molecule has 178 valence electrons. The first-order valence-corrected chi connectivity index (χ1v) is 10.7. The average molecular weight is 494 g/mol. The standard InChI is InChI=1S/C22H19ClF3N5O3/c1-13(19(32)28-14-4-5-16(23)15(11-14)22(24,25)26)30-6-8-31(9-7-30)21-17(12-27)29-20(34-21)18-3-2-10-33-18/h2-5,10-11,13H,6-9H2,1H3,(H,28,32)/t13-/m1/s1. The summed E-state index contributed by atoms with van der Waals surface area (Å²) < 4.78 is 50.3. The fraction of sp³-hybridized carbons (Fsp3) is 0.318.